The third kappa shape index (κ3) is 7.33. The Morgan fingerprint density at radius 2 is 1.67 bits per heavy atom. The molecule has 1 heterocycles. The second-order valence-electron chi connectivity index (χ2n) is 9.16. The van der Waals surface area contributed by atoms with Gasteiger partial charge in [0.15, 0.2) is 11.6 Å². The van der Waals surface area contributed by atoms with Gasteiger partial charge in [-0.1, -0.05) is 32.0 Å². The minimum Gasteiger partial charge on any atom is -0.508 e. The highest BCUT2D eigenvalue weighted by Crippen LogP contribution is 2.31. The summed E-state index contributed by atoms with van der Waals surface area (Å²) in [4.78, 5) is 21.2. The van der Waals surface area contributed by atoms with E-state index in [-0.39, 0.29) is 34.7 Å². The minimum atomic E-state index is -4.14. The molecule has 11 nitrogen and oxygen atoms in total. The molecule has 0 aliphatic heterocycles. The molecule has 0 radical (unpaired) electrons. The van der Waals surface area contributed by atoms with Crippen molar-refractivity contribution >= 4 is 50.0 Å². The molecule has 0 saturated heterocycles. The van der Waals surface area contributed by atoms with Crippen LogP contribution < -0.4 is 25.4 Å². The van der Waals surface area contributed by atoms with Crippen molar-refractivity contribution in [3.63, 3.8) is 0 Å². The van der Waals surface area contributed by atoms with Crippen LogP contribution in [0.15, 0.2) is 71.6 Å². The van der Waals surface area contributed by atoms with Gasteiger partial charge in [-0.15, -0.1) is 0 Å². The maximum absolute atomic E-state index is 13.4. The van der Waals surface area contributed by atoms with Crippen molar-refractivity contribution in [3.05, 3.63) is 66.7 Å². The fourth-order valence-corrected chi connectivity index (χ4v) is 4.73. The Labute approximate surface area is 226 Å². The highest BCUT2D eigenvalue weighted by Gasteiger charge is 2.20. The average molecular weight is 551 g/mol. The van der Waals surface area contributed by atoms with Crippen molar-refractivity contribution in [2.24, 2.45) is 5.92 Å². The number of phenolic OH excluding ortho intramolecular Hbond substituents is 1. The van der Waals surface area contributed by atoms with E-state index < -0.39 is 10.0 Å². The van der Waals surface area contributed by atoms with Crippen molar-refractivity contribution in [2.75, 3.05) is 35.6 Å². The smallest absolute Gasteiger partial charge is 0.263 e. The molecule has 204 valence electrons. The normalized spacial score (nSPS) is 11.4. The molecule has 0 bridgehead atoms. The van der Waals surface area contributed by atoms with Crippen LogP contribution in [0.25, 0.3) is 11.0 Å². The standard InChI is InChI=1S/C27H30N6O5S/c1-17(2)15-28-16-25(35)29-18-7-6-8-22(13-18)39(36,37)33-27-26(31-23-9-4-5-10-24(23)32-27)30-19-11-20(34)14-21(12-19)38-3/h4-14,17,28,34H,15-16H2,1-3H3,(H,29,35)(H,30,31)(H,32,33). The number of hydrogen-bond acceptors (Lipinski definition) is 9. The fourth-order valence-electron chi connectivity index (χ4n) is 3.68. The third-order valence-corrected chi connectivity index (χ3v) is 6.79. The van der Waals surface area contributed by atoms with Gasteiger partial charge in [-0.05, 0) is 42.8 Å². The van der Waals surface area contributed by atoms with Gasteiger partial charge in [-0.25, -0.2) is 18.4 Å². The van der Waals surface area contributed by atoms with Crippen LogP contribution >= 0.6 is 0 Å². The van der Waals surface area contributed by atoms with E-state index in [1.807, 2.05) is 13.8 Å². The Morgan fingerprint density at radius 1 is 0.949 bits per heavy atom. The summed E-state index contributed by atoms with van der Waals surface area (Å²) >= 11 is 0. The maximum Gasteiger partial charge on any atom is 0.263 e. The molecular formula is C27H30N6O5S. The molecule has 4 rings (SSSR count). The molecule has 0 aliphatic rings. The zero-order valence-electron chi connectivity index (χ0n) is 21.7. The first kappa shape index (κ1) is 27.6. The number of anilines is 4. The van der Waals surface area contributed by atoms with Crippen LogP contribution in [0.1, 0.15) is 13.8 Å². The molecular weight excluding hydrogens is 520 g/mol. The molecule has 0 aliphatic carbocycles. The number of amides is 1. The molecule has 4 aromatic rings. The lowest BCUT2D eigenvalue weighted by Gasteiger charge is -2.15. The first-order valence-corrected chi connectivity index (χ1v) is 13.7. The number of nitrogens with zero attached hydrogens (tertiary/aromatic N) is 2. The van der Waals surface area contributed by atoms with E-state index in [1.54, 1.807) is 36.4 Å². The summed E-state index contributed by atoms with van der Waals surface area (Å²) in [5.41, 5.74) is 1.76. The second-order valence-corrected chi connectivity index (χ2v) is 10.8. The molecule has 39 heavy (non-hydrogen) atoms. The number of para-hydroxylation sites is 2. The quantitative estimate of drug-likeness (QED) is 0.186. The number of hydrogen-bond donors (Lipinski definition) is 5. The Bertz CT molecular complexity index is 1590. The minimum absolute atomic E-state index is 0.0500. The average Bonchev–Trinajstić information content (AvgIpc) is 2.88. The van der Waals surface area contributed by atoms with E-state index in [1.165, 1.54) is 37.4 Å². The molecule has 12 heteroatoms. The van der Waals surface area contributed by atoms with Crippen LogP contribution in [-0.2, 0) is 14.8 Å². The van der Waals surface area contributed by atoms with Crippen molar-refractivity contribution in [1.82, 2.24) is 15.3 Å². The summed E-state index contributed by atoms with van der Waals surface area (Å²) in [6.45, 7) is 4.86. The lowest BCUT2D eigenvalue weighted by atomic mass is 10.2. The maximum atomic E-state index is 13.4. The van der Waals surface area contributed by atoms with Gasteiger partial charge in [0, 0.05) is 29.6 Å². The number of fused-ring (bicyclic) bond motifs is 1. The fraction of sp³-hybridized carbons (Fsp3) is 0.222. The van der Waals surface area contributed by atoms with Gasteiger partial charge in [-0.3, -0.25) is 9.52 Å². The molecule has 0 unspecified atom stereocenters. The lowest BCUT2D eigenvalue weighted by molar-refractivity contribution is -0.115. The van der Waals surface area contributed by atoms with Gasteiger partial charge < -0.3 is 25.8 Å². The number of sulfonamides is 1. The Kier molecular flexibility index (Phi) is 8.47. The molecule has 1 amide bonds. The number of carbonyl (C=O) groups is 1. The predicted molar refractivity (Wildman–Crippen MR) is 151 cm³/mol. The highest BCUT2D eigenvalue weighted by atomic mass is 32.2. The van der Waals surface area contributed by atoms with Crippen LogP contribution in [0.2, 0.25) is 0 Å². The number of phenols is 1. The molecule has 1 aromatic heterocycles. The Balaban J connectivity index is 1.62. The molecule has 0 fully saturated rings. The monoisotopic (exact) mass is 550 g/mol. The number of ether oxygens (including phenoxy) is 1. The topological polar surface area (TPSA) is 155 Å². The van der Waals surface area contributed by atoms with Gasteiger partial charge in [0.25, 0.3) is 10.0 Å². The van der Waals surface area contributed by atoms with Crippen molar-refractivity contribution in [3.8, 4) is 11.5 Å². The molecule has 3 aromatic carbocycles. The molecule has 0 saturated carbocycles. The zero-order chi connectivity index (χ0) is 28.0. The summed E-state index contributed by atoms with van der Waals surface area (Å²) in [5.74, 6) is 0.516. The number of methoxy groups -OCH3 is 1. The van der Waals surface area contributed by atoms with Crippen molar-refractivity contribution < 1.29 is 23.1 Å². The van der Waals surface area contributed by atoms with Crippen LogP contribution in [-0.4, -0.2) is 49.6 Å². The van der Waals surface area contributed by atoms with E-state index in [9.17, 15) is 18.3 Å². The molecule has 5 N–H and O–H groups in total. The van der Waals surface area contributed by atoms with Crippen molar-refractivity contribution in [1.29, 1.82) is 0 Å². The van der Waals surface area contributed by atoms with Crippen LogP contribution in [0.5, 0.6) is 11.5 Å². The third-order valence-electron chi connectivity index (χ3n) is 5.46. The number of rotatable bonds is 11. The first-order valence-electron chi connectivity index (χ1n) is 12.2. The van der Waals surface area contributed by atoms with Crippen molar-refractivity contribution in [2.45, 2.75) is 18.7 Å². The van der Waals surface area contributed by atoms with E-state index in [4.69, 9.17) is 4.74 Å². The predicted octanol–water partition coefficient (Wildman–Crippen LogP) is 4.07. The summed E-state index contributed by atoms with van der Waals surface area (Å²) in [6, 6.07) is 17.4. The number of carbonyl (C=O) groups excluding carboxylic acids is 1. The largest absolute Gasteiger partial charge is 0.508 e. The van der Waals surface area contributed by atoms with Crippen LogP contribution in [0.3, 0.4) is 0 Å². The van der Waals surface area contributed by atoms with Gasteiger partial charge in [0.2, 0.25) is 5.91 Å². The highest BCUT2D eigenvalue weighted by molar-refractivity contribution is 7.92. The SMILES string of the molecule is COc1cc(O)cc(Nc2nc3ccccc3nc2NS(=O)(=O)c2cccc(NC(=O)CNCC(C)C)c2)c1. The molecule has 0 spiro atoms. The van der Waals surface area contributed by atoms with Crippen LogP contribution in [0, 0.1) is 5.92 Å². The summed E-state index contributed by atoms with van der Waals surface area (Å²) in [5, 5.41) is 18.8. The summed E-state index contributed by atoms with van der Waals surface area (Å²) in [6.07, 6.45) is 0. The summed E-state index contributed by atoms with van der Waals surface area (Å²) in [7, 11) is -2.67. The van der Waals surface area contributed by atoms with E-state index in [0.29, 0.717) is 40.6 Å². The number of benzene rings is 3. The van der Waals surface area contributed by atoms with E-state index in [2.05, 4.69) is 30.6 Å². The van der Waals surface area contributed by atoms with Gasteiger partial charge in [-0.2, -0.15) is 0 Å². The molecule has 0 atom stereocenters. The Morgan fingerprint density at radius 3 is 2.36 bits per heavy atom. The summed E-state index contributed by atoms with van der Waals surface area (Å²) < 4.78 is 34.5. The number of aromatic hydroxyl groups is 1. The zero-order valence-corrected chi connectivity index (χ0v) is 22.5. The first-order chi connectivity index (χ1) is 18.6. The number of nitrogens with one attached hydrogen (secondary N) is 4. The second kappa shape index (κ2) is 12.0. The van der Waals surface area contributed by atoms with Crippen LogP contribution in [0.4, 0.5) is 23.0 Å². The number of aromatic nitrogens is 2. The lowest BCUT2D eigenvalue weighted by Crippen LogP contribution is -2.30. The van der Waals surface area contributed by atoms with Gasteiger partial charge in [0.1, 0.15) is 11.5 Å². The van der Waals surface area contributed by atoms with Gasteiger partial charge >= 0.3 is 0 Å². The van der Waals surface area contributed by atoms with Gasteiger partial charge in [0.05, 0.1) is 29.6 Å². The Hall–Kier alpha value is -4.42. The van der Waals surface area contributed by atoms with E-state index in [0.717, 1.165) is 0 Å². The van der Waals surface area contributed by atoms with E-state index >= 15 is 0 Å².